The zero-order chi connectivity index (χ0) is 14.2. The number of fused-ring (bicyclic) bond motifs is 1. The van der Waals surface area contributed by atoms with Crippen LogP contribution in [0.25, 0.3) is 0 Å². The molecule has 0 saturated carbocycles. The van der Waals surface area contributed by atoms with Gasteiger partial charge in [-0.25, -0.2) is 8.42 Å². The van der Waals surface area contributed by atoms with Crippen LogP contribution in [0, 0.1) is 0 Å². The van der Waals surface area contributed by atoms with Crippen molar-refractivity contribution in [1.82, 2.24) is 0 Å². The van der Waals surface area contributed by atoms with Crippen molar-refractivity contribution in [1.29, 1.82) is 0 Å². The molecule has 1 atom stereocenters. The number of para-hydroxylation sites is 1. The van der Waals surface area contributed by atoms with E-state index in [0.29, 0.717) is 4.90 Å². The third-order valence-electron chi connectivity index (χ3n) is 3.76. The number of aryl methyl sites for hydroxylation is 1. The van der Waals surface area contributed by atoms with Crippen molar-refractivity contribution < 1.29 is 8.42 Å². The molecule has 3 nitrogen and oxygen atoms in total. The van der Waals surface area contributed by atoms with E-state index in [1.165, 1.54) is 0 Å². The number of hydrogen-bond donors (Lipinski definition) is 0. The van der Waals surface area contributed by atoms with E-state index in [9.17, 15) is 8.42 Å². The summed E-state index contributed by atoms with van der Waals surface area (Å²) in [6.45, 7) is 1.97. The summed E-state index contributed by atoms with van der Waals surface area (Å²) < 4.78 is 27.3. The Bertz CT molecular complexity index is 710. The van der Waals surface area contributed by atoms with Crippen LogP contribution in [0.15, 0.2) is 59.5 Å². The van der Waals surface area contributed by atoms with E-state index in [2.05, 4.69) is 0 Å². The Morgan fingerprint density at radius 2 is 1.65 bits per heavy atom. The predicted octanol–water partition coefficient (Wildman–Crippen LogP) is 3.22. The molecule has 0 aliphatic carbocycles. The molecule has 0 N–H and O–H groups in total. The zero-order valence-corrected chi connectivity index (χ0v) is 12.2. The van der Waals surface area contributed by atoms with Gasteiger partial charge in [-0.05, 0) is 43.5 Å². The Kier molecular flexibility index (Phi) is 3.26. The fourth-order valence-corrected chi connectivity index (χ4v) is 4.47. The monoisotopic (exact) mass is 287 g/mol. The molecule has 0 radical (unpaired) electrons. The van der Waals surface area contributed by atoms with Crippen molar-refractivity contribution in [2.24, 2.45) is 0 Å². The van der Waals surface area contributed by atoms with Gasteiger partial charge in [0.2, 0.25) is 0 Å². The van der Waals surface area contributed by atoms with Gasteiger partial charge in [0, 0.05) is 6.04 Å². The second-order valence-electron chi connectivity index (χ2n) is 5.13. The van der Waals surface area contributed by atoms with Crippen LogP contribution < -0.4 is 4.31 Å². The van der Waals surface area contributed by atoms with E-state index >= 15 is 0 Å². The minimum absolute atomic E-state index is 0.0184. The molecule has 0 fully saturated rings. The summed E-state index contributed by atoms with van der Waals surface area (Å²) in [4.78, 5) is 0.351. The minimum atomic E-state index is -3.49. The Balaban J connectivity index is 2.14. The lowest BCUT2D eigenvalue weighted by atomic mass is 9.99. The van der Waals surface area contributed by atoms with Gasteiger partial charge in [-0.2, -0.15) is 0 Å². The second kappa shape index (κ2) is 4.94. The van der Waals surface area contributed by atoms with Crippen molar-refractivity contribution in [3.8, 4) is 0 Å². The number of benzene rings is 2. The third kappa shape index (κ3) is 2.10. The van der Waals surface area contributed by atoms with Crippen LogP contribution in [0.2, 0.25) is 0 Å². The Labute approximate surface area is 119 Å². The van der Waals surface area contributed by atoms with Crippen LogP contribution >= 0.6 is 0 Å². The van der Waals surface area contributed by atoms with Gasteiger partial charge in [-0.1, -0.05) is 36.4 Å². The molecule has 20 heavy (non-hydrogen) atoms. The fourth-order valence-electron chi connectivity index (χ4n) is 2.73. The first-order valence-electron chi connectivity index (χ1n) is 6.78. The lowest BCUT2D eigenvalue weighted by molar-refractivity contribution is 0.563. The molecule has 0 spiro atoms. The molecule has 4 heteroatoms. The SMILES string of the molecule is CC1CCc2ccccc2N1S(=O)(=O)c1ccccc1. The summed E-state index contributed by atoms with van der Waals surface area (Å²) in [6.07, 6.45) is 1.78. The van der Waals surface area contributed by atoms with E-state index in [-0.39, 0.29) is 6.04 Å². The van der Waals surface area contributed by atoms with Crippen LogP contribution in [0.5, 0.6) is 0 Å². The highest BCUT2D eigenvalue weighted by molar-refractivity contribution is 7.92. The van der Waals surface area contributed by atoms with Crippen molar-refractivity contribution in [3.05, 3.63) is 60.2 Å². The van der Waals surface area contributed by atoms with Crippen LogP contribution in [0.4, 0.5) is 5.69 Å². The maximum Gasteiger partial charge on any atom is 0.264 e. The lowest BCUT2D eigenvalue weighted by Crippen LogP contribution is -2.41. The second-order valence-corrected chi connectivity index (χ2v) is 6.95. The highest BCUT2D eigenvalue weighted by Gasteiger charge is 2.33. The van der Waals surface area contributed by atoms with Gasteiger partial charge in [0.25, 0.3) is 10.0 Å². The van der Waals surface area contributed by atoms with Crippen LogP contribution in [-0.4, -0.2) is 14.5 Å². The Morgan fingerprint density at radius 3 is 2.40 bits per heavy atom. The zero-order valence-electron chi connectivity index (χ0n) is 11.4. The molecular weight excluding hydrogens is 270 g/mol. The van der Waals surface area contributed by atoms with Crippen LogP contribution in [0.1, 0.15) is 18.9 Å². The van der Waals surface area contributed by atoms with Crippen molar-refractivity contribution >= 4 is 15.7 Å². The molecule has 0 bridgehead atoms. The molecule has 1 aliphatic rings. The van der Waals surface area contributed by atoms with Gasteiger partial charge in [0.05, 0.1) is 10.6 Å². The van der Waals surface area contributed by atoms with Gasteiger partial charge in [0.15, 0.2) is 0 Å². The first kappa shape index (κ1) is 13.2. The molecule has 104 valence electrons. The summed E-state index contributed by atoms with van der Waals surface area (Å²) in [5.41, 5.74) is 1.92. The third-order valence-corrected chi connectivity index (χ3v) is 5.70. The van der Waals surface area contributed by atoms with Gasteiger partial charge < -0.3 is 0 Å². The number of anilines is 1. The molecule has 0 aromatic heterocycles. The smallest absolute Gasteiger partial charge is 0.263 e. The summed E-state index contributed by atoms with van der Waals surface area (Å²) >= 11 is 0. The average Bonchev–Trinajstić information content (AvgIpc) is 2.47. The van der Waals surface area contributed by atoms with E-state index in [1.807, 2.05) is 37.3 Å². The van der Waals surface area contributed by atoms with Crippen molar-refractivity contribution in [3.63, 3.8) is 0 Å². The number of hydrogen-bond acceptors (Lipinski definition) is 2. The van der Waals surface area contributed by atoms with E-state index in [4.69, 9.17) is 0 Å². The van der Waals surface area contributed by atoms with Gasteiger partial charge >= 0.3 is 0 Å². The first-order chi connectivity index (χ1) is 9.60. The normalized spacial score (nSPS) is 18.6. The Hall–Kier alpha value is -1.81. The minimum Gasteiger partial charge on any atom is -0.263 e. The standard InChI is InChI=1S/C16H17NO2S/c1-13-11-12-14-7-5-6-10-16(14)17(13)20(18,19)15-8-3-2-4-9-15/h2-10,13H,11-12H2,1H3. The van der Waals surface area contributed by atoms with E-state index < -0.39 is 10.0 Å². The molecule has 2 aromatic rings. The summed E-state index contributed by atoms with van der Waals surface area (Å²) in [5.74, 6) is 0. The molecule has 1 aliphatic heterocycles. The molecule has 2 aromatic carbocycles. The fraction of sp³-hybridized carbons (Fsp3) is 0.250. The summed E-state index contributed by atoms with van der Waals surface area (Å²) in [6, 6.07) is 16.4. The lowest BCUT2D eigenvalue weighted by Gasteiger charge is -2.35. The van der Waals surface area contributed by atoms with Gasteiger partial charge in [-0.15, -0.1) is 0 Å². The summed E-state index contributed by atoms with van der Waals surface area (Å²) in [7, 11) is -3.49. The van der Waals surface area contributed by atoms with Crippen LogP contribution in [-0.2, 0) is 16.4 Å². The average molecular weight is 287 g/mol. The number of sulfonamides is 1. The van der Waals surface area contributed by atoms with Gasteiger partial charge in [-0.3, -0.25) is 4.31 Å². The first-order valence-corrected chi connectivity index (χ1v) is 8.22. The van der Waals surface area contributed by atoms with Gasteiger partial charge in [0.1, 0.15) is 0 Å². The summed E-state index contributed by atoms with van der Waals surface area (Å²) in [5, 5.41) is 0. The largest absolute Gasteiger partial charge is 0.264 e. The maximum atomic E-state index is 12.9. The van der Waals surface area contributed by atoms with Crippen molar-refractivity contribution in [2.75, 3.05) is 4.31 Å². The van der Waals surface area contributed by atoms with Crippen LogP contribution in [0.3, 0.4) is 0 Å². The maximum absolute atomic E-state index is 12.9. The molecule has 0 amide bonds. The highest BCUT2D eigenvalue weighted by Crippen LogP contribution is 2.34. The predicted molar refractivity (Wildman–Crippen MR) is 80.3 cm³/mol. The molecule has 1 heterocycles. The Morgan fingerprint density at radius 1 is 1.00 bits per heavy atom. The topological polar surface area (TPSA) is 37.4 Å². The molecule has 3 rings (SSSR count). The van der Waals surface area contributed by atoms with Crippen molar-refractivity contribution in [2.45, 2.75) is 30.7 Å². The van der Waals surface area contributed by atoms with E-state index in [0.717, 1.165) is 24.1 Å². The number of nitrogens with zero attached hydrogens (tertiary/aromatic N) is 1. The molecule has 1 unspecified atom stereocenters. The highest BCUT2D eigenvalue weighted by atomic mass is 32.2. The van der Waals surface area contributed by atoms with E-state index in [1.54, 1.807) is 28.6 Å². The molecule has 0 saturated heterocycles. The number of rotatable bonds is 2. The quantitative estimate of drug-likeness (QED) is 0.850. The molecular formula is C16H17NO2S.